The molecule has 0 aliphatic heterocycles. The van der Waals surface area contributed by atoms with Crippen LogP contribution >= 0.6 is 12.4 Å². The fourth-order valence-corrected chi connectivity index (χ4v) is 2.32. The maximum absolute atomic E-state index is 10.8. The van der Waals surface area contributed by atoms with E-state index in [4.69, 9.17) is 14.6 Å². The molecule has 0 radical (unpaired) electrons. The highest BCUT2D eigenvalue weighted by molar-refractivity contribution is 5.87. The molecule has 0 aliphatic carbocycles. The minimum atomic E-state index is -0.915. The van der Waals surface area contributed by atoms with Gasteiger partial charge in [0, 0.05) is 13.1 Å². The monoisotopic (exact) mass is 377 g/mol. The third-order valence-corrected chi connectivity index (χ3v) is 3.52. The number of carbonyl (C=O) groups is 1. The van der Waals surface area contributed by atoms with Crippen molar-refractivity contribution in [1.29, 1.82) is 0 Å². The SMILES string of the molecule is C=CCOc1ccc(CNCc2ccc(C(=O)O)cc2)cc1OCC.Cl. The van der Waals surface area contributed by atoms with Gasteiger partial charge in [-0.15, -0.1) is 12.4 Å². The van der Waals surface area contributed by atoms with Crippen LogP contribution in [0.2, 0.25) is 0 Å². The van der Waals surface area contributed by atoms with Crippen LogP contribution < -0.4 is 14.8 Å². The maximum Gasteiger partial charge on any atom is 0.335 e. The van der Waals surface area contributed by atoms with E-state index in [9.17, 15) is 4.79 Å². The lowest BCUT2D eigenvalue weighted by Gasteiger charge is -2.13. The number of carboxylic acid groups (broad SMARTS) is 1. The molecule has 0 atom stereocenters. The number of aromatic carboxylic acids is 1. The van der Waals surface area contributed by atoms with Gasteiger partial charge in [0.25, 0.3) is 0 Å². The summed E-state index contributed by atoms with van der Waals surface area (Å²) in [6, 6.07) is 12.7. The summed E-state index contributed by atoms with van der Waals surface area (Å²) in [6.45, 7) is 7.90. The van der Waals surface area contributed by atoms with Crippen molar-refractivity contribution in [3.63, 3.8) is 0 Å². The fourth-order valence-electron chi connectivity index (χ4n) is 2.32. The molecule has 2 aromatic carbocycles. The van der Waals surface area contributed by atoms with E-state index in [1.165, 1.54) is 0 Å². The second-order valence-electron chi connectivity index (χ2n) is 5.42. The van der Waals surface area contributed by atoms with Gasteiger partial charge in [-0.05, 0) is 42.3 Å². The Morgan fingerprint density at radius 2 is 1.73 bits per heavy atom. The fraction of sp³-hybridized carbons (Fsp3) is 0.250. The molecule has 0 heterocycles. The molecule has 0 saturated carbocycles. The molecule has 0 unspecified atom stereocenters. The summed E-state index contributed by atoms with van der Waals surface area (Å²) in [5, 5.41) is 12.2. The van der Waals surface area contributed by atoms with E-state index in [-0.39, 0.29) is 12.4 Å². The van der Waals surface area contributed by atoms with Crippen molar-refractivity contribution < 1.29 is 19.4 Å². The van der Waals surface area contributed by atoms with Crippen molar-refractivity contribution in [3.8, 4) is 11.5 Å². The average molecular weight is 378 g/mol. The van der Waals surface area contributed by atoms with Gasteiger partial charge >= 0.3 is 5.97 Å². The van der Waals surface area contributed by atoms with Gasteiger partial charge in [0.2, 0.25) is 0 Å². The molecule has 2 rings (SSSR count). The number of rotatable bonds is 10. The van der Waals surface area contributed by atoms with E-state index in [1.807, 2.05) is 37.3 Å². The summed E-state index contributed by atoms with van der Waals surface area (Å²) in [5.74, 6) is 0.506. The van der Waals surface area contributed by atoms with E-state index in [0.29, 0.717) is 37.6 Å². The van der Waals surface area contributed by atoms with Crippen LogP contribution in [0.15, 0.2) is 55.1 Å². The molecule has 140 valence electrons. The molecule has 2 aromatic rings. The molecule has 6 heteroatoms. The van der Waals surface area contributed by atoms with Gasteiger partial charge in [0.1, 0.15) is 6.61 Å². The first-order chi connectivity index (χ1) is 12.1. The van der Waals surface area contributed by atoms with Gasteiger partial charge in [-0.2, -0.15) is 0 Å². The van der Waals surface area contributed by atoms with Crippen LogP contribution in [-0.4, -0.2) is 24.3 Å². The molecule has 0 fully saturated rings. The number of ether oxygens (including phenoxy) is 2. The Morgan fingerprint density at radius 3 is 2.35 bits per heavy atom. The summed E-state index contributed by atoms with van der Waals surface area (Å²) in [5.41, 5.74) is 2.40. The first kappa shape index (κ1) is 21.5. The van der Waals surface area contributed by atoms with Gasteiger partial charge in [0.05, 0.1) is 12.2 Å². The van der Waals surface area contributed by atoms with Crippen LogP contribution in [-0.2, 0) is 13.1 Å². The lowest BCUT2D eigenvalue weighted by molar-refractivity contribution is 0.0697. The van der Waals surface area contributed by atoms with Crippen LogP contribution in [0.1, 0.15) is 28.4 Å². The smallest absolute Gasteiger partial charge is 0.335 e. The third kappa shape index (κ3) is 6.43. The zero-order valence-corrected chi connectivity index (χ0v) is 15.6. The molecular weight excluding hydrogens is 354 g/mol. The van der Waals surface area contributed by atoms with Crippen LogP contribution in [0, 0.1) is 0 Å². The van der Waals surface area contributed by atoms with Crippen LogP contribution in [0.4, 0.5) is 0 Å². The van der Waals surface area contributed by atoms with Gasteiger partial charge in [0.15, 0.2) is 11.5 Å². The van der Waals surface area contributed by atoms with Crippen LogP contribution in [0.3, 0.4) is 0 Å². The Morgan fingerprint density at radius 1 is 1.08 bits per heavy atom. The van der Waals surface area contributed by atoms with Crippen LogP contribution in [0.25, 0.3) is 0 Å². The molecule has 0 saturated heterocycles. The highest BCUT2D eigenvalue weighted by Crippen LogP contribution is 2.28. The largest absolute Gasteiger partial charge is 0.490 e. The van der Waals surface area contributed by atoms with E-state index >= 15 is 0 Å². The molecule has 0 spiro atoms. The molecule has 0 aromatic heterocycles. The summed E-state index contributed by atoms with van der Waals surface area (Å²) < 4.78 is 11.2. The van der Waals surface area contributed by atoms with Crippen molar-refractivity contribution in [2.24, 2.45) is 0 Å². The molecule has 0 amide bonds. The average Bonchev–Trinajstić information content (AvgIpc) is 2.62. The molecule has 2 N–H and O–H groups in total. The molecule has 0 aliphatic rings. The Kier molecular flexibility index (Phi) is 9.26. The summed E-state index contributed by atoms with van der Waals surface area (Å²) in [7, 11) is 0. The van der Waals surface area contributed by atoms with E-state index in [1.54, 1.807) is 18.2 Å². The van der Waals surface area contributed by atoms with E-state index < -0.39 is 5.97 Å². The van der Waals surface area contributed by atoms with Crippen molar-refractivity contribution in [2.45, 2.75) is 20.0 Å². The minimum absolute atomic E-state index is 0. The Bertz CT molecular complexity index is 716. The van der Waals surface area contributed by atoms with Gasteiger partial charge < -0.3 is 19.9 Å². The van der Waals surface area contributed by atoms with E-state index in [0.717, 1.165) is 16.9 Å². The quantitative estimate of drug-likeness (QED) is 0.611. The number of nitrogens with one attached hydrogen (secondary N) is 1. The van der Waals surface area contributed by atoms with Crippen LogP contribution in [0.5, 0.6) is 11.5 Å². The topological polar surface area (TPSA) is 67.8 Å². The standard InChI is InChI=1S/C20H23NO4.ClH/c1-3-11-25-18-10-7-16(12-19(18)24-4-2)14-21-13-15-5-8-17(9-6-15)20(22)23;/h3,5-10,12,21H,1,4,11,13-14H2,2H3,(H,22,23);1H. The van der Waals surface area contributed by atoms with Gasteiger partial charge in [-0.25, -0.2) is 4.79 Å². The summed E-state index contributed by atoms with van der Waals surface area (Å²) >= 11 is 0. The number of carboxylic acids is 1. The zero-order valence-electron chi connectivity index (χ0n) is 14.7. The summed E-state index contributed by atoms with van der Waals surface area (Å²) in [4.78, 5) is 10.8. The maximum atomic E-state index is 10.8. The zero-order chi connectivity index (χ0) is 18.1. The van der Waals surface area contributed by atoms with Crippen molar-refractivity contribution in [2.75, 3.05) is 13.2 Å². The molecule has 26 heavy (non-hydrogen) atoms. The molecule has 5 nitrogen and oxygen atoms in total. The first-order valence-corrected chi connectivity index (χ1v) is 8.16. The normalized spacial score (nSPS) is 9.88. The second kappa shape index (κ2) is 11.2. The number of hydrogen-bond donors (Lipinski definition) is 2. The number of halogens is 1. The Labute approximate surface area is 160 Å². The predicted molar refractivity (Wildman–Crippen MR) is 104 cm³/mol. The Hall–Kier alpha value is -2.50. The van der Waals surface area contributed by atoms with Gasteiger partial charge in [-0.3, -0.25) is 0 Å². The first-order valence-electron chi connectivity index (χ1n) is 8.16. The highest BCUT2D eigenvalue weighted by atomic mass is 35.5. The minimum Gasteiger partial charge on any atom is -0.490 e. The highest BCUT2D eigenvalue weighted by Gasteiger charge is 2.06. The molecular formula is C20H24ClNO4. The van der Waals surface area contributed by atoms with Crippen molar-refractivity contribution in [1.82, 2.24) is 5.32 Å². The van der Waals surface area contributed by atoms with Crippen molar-refractivity contribution in [3.05, 3.63) is 71.8 Å². The number of benzene rings is 2. The third-order valence-electron chi connectivity index (χ3n) is 3.52. The number of hydrogen-bond acceptors (Lipinski definition) is 4. The Balaban J connectivity index is 0.00000338. The lowest BCUT2D eigenvalue weighted by Crippen LogP contribution is -2.13. The van der Waals surface area contributed by atoms with Crippen molar-refractivity contribution >= 4 is 18.4 Å². The predicted octanol–water partition coefficient (Wildman–Crippen LogP) is 4.06. The lowest BCUT2D eigenvalue weighted by atomic mass is 10.1. The van der Waals surface area contributed by atoms with Gasteiger partial charge in [-0.1, -0.05) is 30.9 Å². The van der Waals surface area contributed by atoms with E-state index in [2.05, 4.69) is 11.9 Å². The summed E-state index contributed by atoms with van der Waals surface area (Å²) in [6.07, 6.45) is 1.70. The second-order valence-corrected chi connectivity index (χ2v) is 5.42. The molecule has 0 bridgehead atoms.